The molecule has 112 valence electrons. The number of hydrogen-bond acceptors (Lipinski definition) is 4. The highest BCUT2D eigenvalue weighted by Crippen LogP contribution is 2.35. The maximum atomic E-state index is 5.77. The van der Waals surface area contributed by atoms with Crippen molar-refractivity contribution in [2.75, 3.05) is 6.61 Å². The lowest BCUT2D eigenvalue weighted by Crippen LogP contribution is -2.15. The molecule has 0 radical (unpaired) electrons. The zero-order valence-corrected chi connectivity index (χ0v) is 12.6. The van der Waals surface area contributed by atoms with Crippen LogP contribution in [0.1, 0.15) is 43.8 Å². The fourth-order valence-electron chi connectivity index (χ4n) is 2.47. The summed E-state index contributed by atoms with van der Waals surface area (Å²) in [5, 5.41) is 8.55. The summed E-state index contributed by atoms with van der Waals surface area (Å²) < 4.78 is 13.2. The van der Waals surface area contributed by atoms with Gasteiger partial charge in [-0.3, -0.25) is 0 Å². The Kier molecular flexibility index (Phi) is 4.08. The number of rotatable bonds is 6. The summed E-state index contributed by atoms with van der Waals surface area (Å²) in [6.45, 7) is 3.07. The van der Waals surface area contributed by atoms with Crippen LogP contribution in [0.5, 0.6) is 11.5 Å². The number of aromatic nitrogens is 3. The van der Waals surface area contributed by atoms with Gasteiger partial charge in [-0.15, -0.1) is 10.2 Å². The summed E-state index contributed by atoms with van der Waals surface area (Å²) in [7, 11) is 2.02. The number of nitrogens with zero attached hydrogens (tertiary/aromatic N) is 3. The first-order valence-electron chi connectivity index (χ1n) is 7.51. The second-order valence-corrected chi connectivity index (χ2v) is 5.35. The van der Waals surface area contributed by atoms with E-state index in [1.54, 1.807) is 0 Å². The van der Waals surface area contributed by atoms with Crippen molar-refractivity contribution in [2.45, 2.75) is 38.7 Å². The highest BCUT2D eigenvalue weighted by molar-refractivity contribution is 5.31. The maximum Gasteiger partial charge on any atom is 0.170 e. The highest BCUT2D eigenvalue weighted by atomic mass is 16.5. The fourth-order valence-corrected chi connectivity index (χ4v) is 2.47. The molecule has 1 aromatic heterocycles. The molecule has 1 heterocycles. The molecule has 21 heavy (non-hydrogen) atoms. The van der Waals surface area contributed by atoms with E-state index in [9.17, 15) is 0 Å². The zero-order chi connectivity index (χ0) is 14.7. The summed E-state index contributed by atoms with van der Waals surface area (Å²) in [6.07, 6.45) is 3.76. The quantitative estimate of drug-likeness (QED) is 0.819. The monoisotopic (exact) mass is 287 g/mol. The van der Waals surface area contributed by atoms with Crippen LogP contribution in [0.25, 0.3) is 0 Å². The molecule has 5 heteroatoms. The molecule has 0 unspecified atom stereocenters. The molecule has 1 aliphatic carbocycles. The average Bonchev–Trinajstić information content (AvgIpc) is 2.78. The van der Waals surface area contributed by atoms with Crippen molar-refractivity contribution in [1.82, 2.24) is 14.8 Å². The van der Waals surface area contributed by atoms with E-state index in [-0.39, 0.29) is 0 Å². The van der Waals surface area contributed by atoms with Crippen LogP contribution in [0.3, 0.4) is 0 Å². The molecule has 5 nitrogen and oxygen atoms in total. The minimum Gasteiger partial charge on any atom is -0.494 e. The molecule has 0 aliphatic heterocycles. The van der Waals surface area contributed by atoms with Crippen molar-refractivity contribution in [3.8, 4) is 11.5 Å². The summed E-state index contributed by atoms with van der Waals surface area (Å²) in [5.41, 5.74) is 0. The second kappa shape index (κ2) is 6.16. The summed E-state index contributed by atoms with van der Waals surface area (Å²) in [4.78, 5) is 0. The van der Waals surface area contributed by atoms with Gasteiger partial charge >= 0.3 is 0 Å². The van der Waals surface area contributed by atoms with Gasteiger partial charge in [-0.05, 0) is 44.0 Å². The van der Waals surface area contributed by atoms with E-state index < -0.39 is 0 Å². The Morgan fingerprint density at radius 2 is 1.76 bits per heavy atom. The van der Waals surface area contributed by atoms with Crippen LogP contribution < -0.4 is 9.47 Å². The molecular weight excluding hydrogens is 266 g/mol. The lowest BCUT2D eigenvalue weighted by atomic mass is 9.85. The molecule has 0 N–H and O–H groups in total. The molecule has 0 atom stereocenters. The fraction of sp³-hybridized carbons (Fsp3) is 0.500. The van der Waals surface area contributed by atoms with E-state index in [0.29, 0.717) is 19.1 Å². The molecular formula is C16H21N3O2. The van der Waals surface area contributed by atoms with Crippen LogP contribution in [0.4, 0.5) is 0 Å². The normalized spacial score (nSPS) is 14.8. The van der Waals surface area contributed by atoms with E-state index in [1.165, 1.54) is 19.3 Å². The van der Waals surface area contributed by atoms with E-state index in [2.05, 4.69) is 14.8 Å². The van der Waals surface area contributed by atoms with Crippen molar-refractivity contribution >= 4 is 0 Å². The standard InChI is InChI=1S/C16H21N3O2/c1-3-20-13-7-9-14(10-8-13)21-11-15-17-18-16(19(15)2)12-5-4-6-12/h7-10,12H,3-6,11H2,1-2H3. The predicted molar refractivity (Wildman–Crippen MR) is 79.5 cm³/mol. The highest BCUT2D eigenvalue weighted by Gasteiger charge is 2.25. The Morgan fingerprint density at radius 1 is 1.10 bits per heavy atom. The Hall–Kier alpha value is -2.04. The van der Waals surface area contributed by atoms with E-state index in [0.717, 1.165) is 23.1 Å². The predicted octanol–water partition coefficient (Wildman–Crippen LogP) is 3.06. The largest absolute Gasteiger partial charge is 0.494 e. The molecule has 1 aliphatic rings. The SMILES string of the molecule is CCOc1ccc(OCc2nnc(C3CCC3)n2C)cc1. The van der Waals surface area contributed by atoms with Crippen molar-refractivity contribution in [3.63, 3.8) is 0 Å². The van der Waals surface area contributed by atoms with Crippen molar-refractivity contribution in [3.05, 3.63) is 35.9 Å². The van der Waals surface area contributed by atoms with Crippen LogP contribution in [0.2, 0.25) is 0 Å². The van der Waals surface area contributed by atoms with Crippen molar-refractivity contribution < 1.29 is 9.47 Å². The third-order valence-electron chi connectivity index (χ3n) is 3.97. The third kappa shape index (κ3) is 3.01. The number of ether oxygens (including phenoxy) is 2. The number of hydrogen-bond donors (Lipinski definition) is 0. The van der Waals surface area contributed by atoms with Gasteiger partial charge in [-0.1, -0.05) is 6.42 Å². The molecule has 1 fully saturated rings. The summed E-state index contributed by atoms with van der Waals surface area (Å²) in [6, 6.07) is 7.65. The minimum absolute atomic E-state index is 0.435. The maximum absolute atomic E-state index is 5.77. The van der Waals surface area contributed by atoms with Crippen LogP contribution in [-0.4, -0.2) is 21.4 Å². The van der Waals surface area contributed by atoms with Gasteiger partial charge in [0.15, 0.2) is 5.82 Å². The van der Waals surface area contributed by atoms with Crippen LogP contribution >= 0.6 is 0 Å². The first-order valence-corrected chi connectivity index (χ1v) is 7.51. The van der Waals surface area contributed by atoms with Gasteiger partial charge in [0.1, 0.15) is 23.9 Å². The molecule has 1 saturated carbocycles. The molecule has 1 aromatic carbocycles. The van der Waals surface area contributed by atoms with E-state index in [1.807, 2.05) is 38.2 Å². The van der Waals surface area contributed by atoms with E-state index >= 15 is 0 Å². The van der Waals surface area contributed by atoms with Crippen molar-refractivity contribution in [1.29, 1.82) is 0 Å². The first kappa shape index (κ1) is 13.9. The van der Waals surface area contributed by atoms with Crippen LogP contribution in [-0.2, 0) is 13.7 Å². The average molecular weight is 287 g/mol. The summed E-state index contributed by atoms with van der Waals surface area (Å²) in [5.74, 6) is 4.21. The topological polar surface area (TPSA) is 49.2 Å². The van der Waals surface area contributed by atoms with Gasteiger partial charge in [0.2, 0.25) is 0 Å². The van der Waals surface area contributed by atoms with Gasteiger partial charge in [0.25, 0.3) is 0 Å². The molecule has 0 amide bonds. The molecule has 2 aromatic rings. The molecule has 3 rings (SSSR count). The number of benzene rings is 1. The van der Waals surface area contributed by atoms with Crippen LogP contribution in [0, 0.1) is 0 Å². The van der Waals surface area contributed by atoms with Crippen LogP contribution in [0.15, 0.2) is 24.3 Å². The third-order valence-corrected chi connectivity index (χ3v) is 3.97. The van der Waals surface area contributed by atoms with Gasteiger partial charge in [0, 0.05) is 13.0 Å². The Labute approximate surface area is 124 Å². The second-order valence-electron chi connectivity index (χ2n) is 5.35. The van der Waals surface area contributed by atoms with Gasteiger partial charge in [-0.25, -0.2) is 0 Å². The smallest absolute Gasteiger partial charge is 0.170 e. The molecule has 0 spiro atoms. The van der Waals surface area contributed by atoms with Gasteiger partial charge < -0.3 is 14.0 Å². The Morgan fingerprint density at radius 3 is 2.33 bits per heavy atom. The van der Waals surface area contributed by atoms with Crippen molar-refractivity contribution in [2.24, 2.45) is 7.05 Å². The summed E-state index contributed by atoms with van der Waals surface area (Å²) >= 11 is 0. The van der Waals surface area contributed by atoms with Gasteiger partial charge in [0.05, 0.1) is 6.61 Å². The lowest BCUT2D eigenvalue weighted by molar-refractivity contribution is 0.288. The lowest BCUT2D eigenvalue weighted by Gasteiger charge is -2.24. The Bertz CT molecular complexity index is 588. The zero-order valence-electron chi connectivity index (χ0n) is 12.6. The minimum atomic E-state index is 0.435. The molecule has 0 bridgehead atoms. The first-order chi connectivity index (χ1) is 10.3. The Balaban J connectivity index is 1.60. The van der Waals surface area contributed by atoms with E-state index in [4.69, 9.17) is 9.47 Å². The van der Waals surface area contributed by atoms with Gasteiger partial charge in [-0.2, -0.15) is 0 Å². The molecule has 0 saturated heterocycles.